The van der Waals surface area contributed by atoms with Crippen LogP contribution in [0, 0.1) is 4.77 Å². The summed E-state index contributed by atoms with van der Waals surface area (Å²) < 4.78 is 7.14. The van der Waals surface area contributed by atoms with E-state index in [-0.39, 0.29) is 0 Å². The Kier molecular flexibility index (Phi) is 5.85. The van der Waals surface area contributed by atoms with Crippen molar-refractivity contribution in [3.8, 4) is 17.1 Å². The average Bonchev–Trinajstić information content (AvgIpc) is 3.05. The lowest BCUT2D eigenvalue weighted by Gasteiger charge is -2.12. The summed E-state index contributed by atoms with van der Waals surface area (Å²) in [5.41, 5.74) is 2.55. The van der Waals surface area contributed by atoms with Crippen LogP contribution in [-0.4, -0.2) is 52.9 Å². The molecular weight excluding hydrogens is 378 g/mol. The largest absolute Gasteiger partial charge is 0.481 e. The normalized spacial score (nSPS) is 10.9. The number of nitrogens with one attached hydrogen (secondary N) is 1. The zero-order valence-corrected chi connectivity index (χ0v) is 16.2. The van der Waals surface area contributed by atoms with E-state index in [4.69, 9.17) is 22.1 Å². The monoisotopic (exact) mass is 397 g/mol. The van der Waals surface area contributed by atoms with E-state index in [0.717, 1.165) is 11.3 Å². The molecule has 0 bridgehead atoms. The molecular formula is C19H19N5O3S. The fraction of sp³-hybridized carbons (Fsp3) is 0.158. The van der Waals surface area contributed by atoms with Crippen LogP contribution < -0.4 is 9.64 Å². The molecule has 3 aromatic rings. The van der Waals surface area contributed by atoms with Gasteiger partial charge in [-0.25, -0.2) is 9.89 Å². The van der Waals surface area contributed by atoms with Crippen molar-refractivity contribution in [3.05, 3.63) is 58.9 Å². The lowest BCUT2D eigenvalue weighted by Crippen LogP contribution is -2.10. The molecule has 2 N–H and O–H groups in total. The van der Waals surface area contributed by atoms with Crippen molar-refractivity contribution in [2.75, 3.05) is 25.6 Å². The summed E-state index contributed by atoms with van der Waals surface area (Å²) in [6, 6.07) is 14.9. The maximum Gasteiger partial charge on any atom is 0.341 e. The number of aliphatic carboxylic acids is 1. The average molecular weight is 397 g/mol. The quantitative estimate of drug-likeness (QED) is 0.470. The van der Waals surface area contributed by atoms with E-state index in [2.05, 4.69) is 15.3 Å². The molecule has 144 valence electrons. The van der Waals surface area contributed by atoms with Gasteiger partial charge in [0.1, 0.15) is 5.75 Å². The highest BCUT2D eigenvalue weighted by atomic mass is 32.1. The summed E-state index contributed by atoms with van der Waals surface area (Å²) in [4.78, 5) is 12.8. The van der Waals surface area contributed by atoms with Crippen LogP contribution in [0.2, 0.25) is 0 Å². The Morgan fingerprint density at radius 1 is 1.29 bits per heavy atom. The van der Waals surface area contributed by atoms with E-state index in [1.54, 1.807) is 24.4 Å². The number of carboxylic acids is 1. The first-order chi connectivity index (χ1) is 13.5. The van der Waals surface area contributed by atoms with E-state index in [1.165, 1.54) is 4.68 Å². The van der Waals surface area contributed by atoms with Gasteiger partial charge in [0, 0.05) is 30.9 Å². The molecule has 0 aliphatic heterocycles. The summed E-state index contributed by atoms with van der Waals surface area (Å²) in [5.74, 6) is -0.0664. The number of ether oxygens (including phenoxy) is 1. The van der Waals surface area contributed by atoms with E-state index in [1.807, 2.05) is 49.3 Å². The molecule has 0 amide bonds. The molecule has 0 saturated heterocycles. The molecule has 0 saturated carbocycles. The fourth-order valence-electron chi connectivity index (χ4n) is 2.47. The highest BCUT2D eigenvalue weighted by molar-refractivity contribution is 7.71. The van der Waals surface area contributed by atoms with Crippen LogP contribution in [0.15, 0.2) is 53.6 Å². The van der Waals surface area contributed by atoms with E-state index in [0.29, 0.717) is 21.9 Å². The zero-order valence-electron chi connectivity index (χ0n) is 15.4. The Morgan fingerprint density at radius 2 is 2.00 bits per heavy atom. The fourth-order valence-corrected chi connectivity index (χ4v) is 2.65. The molecule has 28 heavy (non-hydrogen) atoms. The Morgan fingerprint density at radius 3 is 2.68 bits per heavy atom. The van der Waals surface area contributed by atoms with Gasteiger partial charge in [0.25, 0.3) is 0 Å². The number of aromatic amines is 1. The van der Waals surface area contributed by atoms with Gasteiger partial charge in [-0.05, 0) is 48.6 Å². The number of rotatable bonds is 7. The first kappa shape index (κ1) is 19.3. The molecule has 0 unspecified atom stereocenters. The number of benzene rings is 2. The van der Waals surface area contributed by atoms with Crippen molar-refractivity contribution in [2.24, 2.45) is 5.10 Å². The molecule has 0 spiro atoms. The van der Waals surface area contributed by atoms with Gasteiger partial charge >= 0.3 is 5.97 Å². The SMILES string of the molecule is CN(C)c1ccc(-c2n[nH]c(=S)n2N=Cc2ccccc2OCC(=O)O)cc1. The molecule has 3 rings (SSSR count). The van der Waals surface area contributed by atoms with Gasteiger partial charge in [0.15, 0.2) is 12.4 Å². The zero-order chi connectivity index (χ0) is 20.1. The highest BCUT2D eigenvalue weighted by Gasteiger charge is 2.09. The first-order valence-corrected chi connectivity index (χ1v) is 8.79. The second-order valence-electron chi connectivity index (χ2n) is 6.07. The standard InChI is InChI=1S/C19H19N5O3S/c1-23(2)15-9-7-13(8-10-15)18-21-22-19(28)24(18)20-11-14-5-3-4-6-16(14)27-12-17(25)26/h3-11H,12H2,1-2H3,(H,22,28)(H,25,26). The van der Waals surface area contributed by atoms with Gasteiger partial charge in [-0.2, -0.15) is 14.9 Å². The summed E-state index contributed by atoms with van der Waals surface area (Å²) in [6.45, 7) is -0.431. The van der Waals surface area contributed by atoms with Crippen LogP contribution in [0.5, 0.6) is 5.75 Å². The smallest absolute Gasteiger partial charge is 0.341 e. The molecule has 1 aromatic heterocycles. The number of hydrogen-bond donors (Lipinski definition) is 2. The number of carbonyl (C=O) groups is 1. The van der Waals surface area contributed by atoms with Gasteiger partial charge < -0.3 is 14.7 Å². The van der Waals surface area contributed by atoms with E-state index in [9.17, 15) is 4.79 Å². The van der Waals surface area contributed by atoms with E-state index >= 15 is 0 Å². The molecule has 2 aromatic carbocycles. The van der Waals surface area contributed by atoms with Gasteiger partial charge in [-0.1, -0.05) is 12.1 Å². The van der Waals surface area contributed by atoms with Crippen molar-refractivity contribution in [1.82, 2.24) is 14.9 Å². The van der Waals surface area contributed by atoms with Crippen LogP contribution in [0.1, 0.15) is 5.56 Å². The topological polar surface area (TPSA) is 95.7 Å². The molecule has 0 fully saturated rings. The lowest BCUT2D eigenvalue weighted by molar-refractivity contribution is -0.139. The number of nitrogens with zero attached hydrogens (tertiary/aromatic N) is 4. The number of H-pyrrole nitrogens is 1. The third-order valence-corrected chi connectivity index (χ3v) is 4.14. The number of anilines is 1. The summed E-state index contributed by atoms with van der Waals surface area (Å²) in [7, 11) is 3.94. The predicted octanol–water partition coefficient (Wildman–Crippen LogP) is 3.02. The number of carboxylic acid groups (broad SMARTS) is 1. The van der Waals surface area contributed by atoms with Crippen molar-refractivity contribution in [3.63, 3.8) is 0 Å². The van der Waals surface area contributed by atoms with Crippen molar-refractivity contribution < 1.29 is 14.6 Å². The summed E-state index contributed by atoms with van der Waals surface area (Å²) in [6.07, 6.45) is 1.56. The summed E-state index contributed by atoms with van der Waals surface area (Å²) >= 11 is 5.29. The predicted molar refractivity (Wildman–Crippen MR) is 110 cm³/mol. The Balaban J connectivity index is 1.91. The second-order valence-corrected chi connectivity index (χ2v) is 6.46. The van der Waals surface area contributed by atoms with Crippen LogP contribution in [-0.2, 0) is 4.79 Å². The lowest BCUT2D eigenvalue weighted by atomic mass is 10.2. The highest BCUT2D eigenvalue weighted by Crippen LogP contribution is 2.21. The Bertz CT molecular complexity index is 1050. The molecule has 1 heterocycles. The van der Waals surface area contributed by atoms with Gasteiger partial charge in [0.2, 0.25) is 4.77 Å². The molecule has 0 aliphatic carbocycles. The van der Waals surface area contributed by atoms with Crippen molar-refractivity contribution >= 4 is 30.1 Å². The second kappa shape index (κ2) is 8.49. The van der Waals surface area contributed by atoms with E-state index < -0.39 is 12.6 Å². The molecule has 8 nitrogen and oxygen atoms in total. The van der Waals surface area contributed by atoms with Crippen LogP contribution >= 0.6 is 12.2 Å². The van der Waals surface area contributed by atoms with Crippen LogP contribution in [0.3, 0.4) is 0 Å². The van der Waals surface area contributed by atoms with Gasteiger partial charge in [-0.3, -0.25) is 0 Å². The molecule has 9 heteroatoms. The minimum atomic E-state index is -1.05. The summed E-state index contributed by atoms with van der Waals surface area (Å²) in [5, 5.41) is 20.2. The Labute approximate surface area is 166 Å². The molecule has 0 atom stereocenters. The molecule has 0 aliphatic rings. The maximum absolute atomic E-state index is 10.7. The minimum Gasteiger partial charge on any atom is -0.481 e. The van der Waals surface area contributed by atoms with Crippen LogP contribution in [0.4, 0.5) is 5.69 Å². The first-order valence-electron chi connectivity index (χ1n) is 8.39. The number of para-hydroxylation sites is 1. The molecule has 0 radical (unpaired) electrons. The van der Waals surface area contributed by atoms with Crippen LogP contribution in [0.25, 0.3) is 11.4 Å². The minimum absolute atomic E-state index is 0.340. The van der Waals surface area contributed by atoms with Crippen molar-refractivity contribution in [2.45, 2.75) is 0 Å². The van der Waals surface area contributed by atoms with Gasteiger partial charge in [-0.15, -0.1) is 0 Å². The van der Waals surface area contributed by atoms with Gasteiger partial charge in [0.05, 0.1) is 6.21 Å². The Hall–Kier alpha value is -3.46. The van der Waals surface area contributed by atoms with Crippen molar-refractivity contribution in [1.29, 1.82) is 0 Å². The third kappa shape index (κ3) is 4.44. The number of aromatic nitrogens is 3. The third-order valence-electron chi connectivity index (χ3n) is 3.87. The number of hydrogen-bond acceptors (Lipinski definition) is 6. The maximum atomic E-state index is 10.7.